The number of hydrogen-bond acceptors (Lipinski definition) is 3. The highest BCUT2D eigenvalue weighted by atomic mass is 32.2. The molecule has 2 unspecified atom stereocenters. The Morgan fingerprint density at radius 2 is 1.75 bits per heavy atom. The molecule has 0 aromatic carbocycles. The predicted octanol–water partition coefficient (Wildman–Crippen LogP) is 2.22. The van der Waals surface area contributed by atoms with Crippen molar-refractivity contribution in [3.8, 4) is 0 Å². The van der Waals surface area contributed by atoms with Gasteiger partial charge in [-0.1, -0.05) is 20.3 Å². The van der Waals surface area contributed by atoms with Gasteiger partial charge in [0.15, 0.2) is 0 Å². The molecule has 4 heteroatoms. The minimum absolute atomic E-state index is 0.119. The molecule has 0 aromatic heterocycles. The van der Waals surface area contributed by atoms with Crippen molar-refractivity contribution in [1.82, 2.24) is 5.32 Å². The Bertz CT molecular complexity index is 296. The maximum absolute atomic E-state index is 11.1. The van der Waals surface area contributed by atoms with Crippen molar-refractivity contribution >= 4 is 9.84 Å². The van der Waals surface area contributed by atoms with E-state index < -0.39 is 9.84 Å². The molecule has 0 heterocycles. The largest absolute Gasteiger partial charge is 0.309 e. The summed E-state index contributed by atoms with van der Waals surface area (Å²) < 4.78 is 22.3. The highest BCUT2D eigenvalue weighted by Gasteiger charge is 2.23. The molecule has 0 spiro atoms. The third-order valence-corrected chi connectivity index (χ3v) is 4.16. The zero-order chi connectivity index (χ0) is 13.0. The van der Waals surface area contributed by atoms with Crippen molar-refractivity contribution in [3.63, 3.8) is 0 Å². The van der Waals surface area contributed by atoms with Gasteiger partial charge in [-0.3, -0.25) is 0 Å². The second kappa shape index (κ2) is 6.01. The summed E-state index contributed by atoms with van der Waals surface area (Å²) in [6.07, 6.45) is 3.09. The molecule has 0 saturated heterocycles. The Hall–Kier alpha value is -0.0900. The van der Waals surface area contributed by atoms with E-state index in [0.29, 0.717) is 18.4 Å². The van der Waals surface area contributed by atoms with E-state index in [4.69, 9.17) is 0 Å². The summed E-state index contributed by atoms with van der Waals surface area (Å²) in [6.45, 7) is 10.7. The monoisotopic (exact) mass is 249 g/mol. The van der Waals surface area contributed by atoms with Gasteiger partial charge in [-0.15, -0.1) is 0 Å². The van der Waals surface area contributed by atoms with Crippen molar-refractivity contribution in [2.24, 2.45) is 5.92 Å². The number of rotatable bonds is 7. The first-order valence-electron chi connectivity index (χ1n) is 6.03. The van der Waals surface area contributed by atoms with E-state index in [1.54, 1.807) is 0 Å². The lowest BCUT2D eigenvalue weighted by atomic mass is 9.95. The Morgan fingerprint density at radius 3 is 2.12 bits per heavy atom. The molecule has 0 amide bonds. The van der Waals surface area contributed by atoms with Crippen LogP contribution < -0.4 is 5.32 Å². The minimum atomic E-state index is -2.86. The first-order valence-corrected chi connectivity index (χ1v) is 8.09. The van der Waals surface area contributed by atoms with Crippen LogP contribution in [-0.4, -0.2) is 32.0 Å². The van der Waals surface area contributed by atoms with Crippen LogP contribution in [0.15, 0.2) is 0 Å². The van der Waals surface area contributed by atoms with E-state index in [2.05, 4.69) is 39.9 Å². The van der Waals surface area contributed by atoms with Gasteiger partial charge < -0.3 is 5.32 Å². The molecule has 0 aliphatic carbocycles. The average Bonchev–Trinajstić information content (AvgIpc) is 2.12. The molecule has 1 N–H and O–H groups in total. The fraction of sp³-hybridized carbons (Fsp3) is 1.00. The van der Waals surface area contributed by atoms with Crippen LogP contribution in [-0.2, 0) is 9.84 Å². The number of nitrogens with one attached hydrogen (secondary N) is 1. The minimum Gasteiger partial charge on any atom is -0.309 e. The smallest absolute Gasteiger partial charge is 0.147 e. The zero-order valence-electron chi connectivity index (χ0n) is 11.5. The topological polar surface area (TPSA) is 46.2 Å². The van der Waals surface area contributed by atoms with Gasteiger partial charge in [0.2, 0.25) is 0 Å². The van der Waals surface area contributed by atoms with Crippen molar-refractivity contribution in [3.05, 3.63) is 0 Å². The van der Waals surface area contributed by atoms with E-state index in [1.165, 1.54) is 6.26 Å². The van der Waals surface area contributed by atoms with Crippen LogP contribution >= 0.6 is 0 Å². The van der Waals surface area contributed by atoms with E-state index in [1.807, 2.05) is 0 Å². The second-order valence-corrected chi connectivity index (χ2v) is 7.84. The SMILES string of the molecule is CCC(C)C(C)NC(C)(C)CCS(C)(=O)=O. The number of hydrogen-bond donors (Lipinski definition) is 1. The zero-order valence-corrected chi connectivity index (χ0v) is 12.3. The summed E-state index contributed by atoms with van der Waals surface area (Å²) in [6, 6.07) is 0.416. The van der Waals surface area contributed by atoms with Crippen LogP contribution in [0.1, 0.15) is 47.5 Å². The van der Waals surface area contributed by atoms with Crippen LogP contribution in [0.5, 0.6) is 0 Å². The van der Waals surface area contributed by atoms with Crippen LogP contribution in [0.3, 0.4) is 0 Å². The van der Waals surface area contributed by atoms with Gasteiger partial charge in [0.25, 0.3) is 0 Å². The maximum Gasteiger partial charge on any atom is 0.147 e. The van der Waals surface area contributed by atoms with E-state index in [0.717, 1.165) is 6.42 Å². The molecule has 0 saturated carbocycles. The lowest BCUT2D eigenvalue weighted by molar-refractivity contribution is 0.280. The molecule has 0 bridgehead atoms. The lowest BCUT2D eigenvalue weighted by Gasteiger charge is -2.32. The summed E-state index contributed by atoms with van der Waals surface area (Å²) in [7, 11) is -2.86. The average molecular weight is 249 g/mol. The highest BCUT2D eigenvalue weighted by Crippen LogP contribution is 2.15. The van der Waals surface area contributed by atoms with Crippen LogP contribution in [0.4, 0.5) is 0 Å². The molecule has 16 heavy (non-hydrogen) atoms. The Kier molecular flexibility index (Phi) is 5.98. The maximum atomic E-state index is 11.1. The molecule has 0 aliphatic heterocycles. The molecule has 0 fully saturated rings. The van der Waals surface area contributed by atoms with Gasteiger partial charge in [-0.2, -0.15) is 0 Å². The lowest BCUT2D eigenvalue weighted by Crippen LogP contribution is -2.48. The summed E-state index contributed by atoms with van der Waals surface area (Å²) in [5, 5.41) is 3.52. The first kappa shape index (κ1) is 15.9. The molecule has 2 atom stereocenters. The Labute approximate surface area is 101 Å². The Balaban J connectivity index is 4.24. The van der Waals surface area contributed by atoms with Crippen molar-refractivity contribution < 1.29 is 8.42 Å². The Morgan fingerprint density at radius 1 is 1.25 bits per heavy atom. The van der Waals surface area contributed by atoms with Gasteiger partial charge in [-0.25, -0.2) is 8.42 Å². The second-order valence-electron chi connectivity index (χ2n) is 5.58. The summed E-state index contributed by atoms with van der Waals surface area (Å²) in [5.74, 6) is 0.859. The third kappa shape index (κ3) is 7.23. The fourth-order valence-electron chi connectivity index (χ4n) is 1.62. The van der Waals surface area contributed by atoms with Crippen molar-refractivity contribution in [2.75, 3.05) is 12.0 Å². The summed E-state index contributed by atoms with van der Waals surface area (Å²) in [5.41, 5.74) is -0.119. The van der Waals surface area contributed by atoms with Gasteiger partial charge >= 0.3 is 0 Å². The van der Waals surface area contributed by atoms with Gasteiger partial charge in [0, 0.05) is 17.8 Å². The van der Waals surface area contributed by atoms with Crippen molar-refractivity contribution in [1.29, 1.82) is 0 Å². The third-order valence-electron chi connectivity index (χ3n) is 3.21. The predicted molar refractivity (Wildman–Crippen MR) is 70.5 cm³/mol. The van der Waals surface area contributed by atoms with Crippen molar-refractivity contribution in [2.45, 2.75) is 59.0 Å². The summed E-state index contributed by atoms with van der Waals surface area (Å²) in [4.78, 5) is 0. The van der Waals surface area contributed by atoms with E-state index in [-0.39, 0.29) is 11.3 Å². The van der Waals surface area contributed by atoms with E-state index in [9.17, 15) is 8.42 Å². The molecule has 98 valence electrons. The van der Waals surface area contributed by atoms with Crippen LogP contribution in [0, 0.1) is 5.92 Å². The standard InChI is InChI=1S/C12H27NO2S/c1-7-10(2)11(3)13-12(4,5)8-9-16(6,14)15/h10-11,13H,7-9H2,1-6H3. The molecule has 0 aromatic rings. The molecule has 0 rings (SSSR count). The molecular weight excluding hydrogens is 222 g/mol. The molecular formula is C12H27NO2S. The van der Waals surface area contributed by atoms with Crippen LogP contribution in [0.25, 0.3) is 0 Å². The van der Waals surface area contributed by atoms with Crippen LogP contribution in [0.2, 0.25) is 0 Å². The fourth-order valence-corrected chi connectivity index (χ4v) is 2.51. The van der Waals surface area contributed by atoms with Gasteiger partial charge in [0.1, 0.15) is 9.84 Å². The first-order chi connectivity index (χ1) is 7.07. The molecule has 0 aliphatic rings. The molecule has 0 radical (unpaired) electrons. The highest BCUT2D eigenvalue weighted by molar-refractivity contribution is 7.90. The van der Waals surface area contributed by atoms with Gasteiger partial charge in [0.05, 0.1) is 5.75 Å². The number of sulfone groups is 1. The summed E-state index contributed by atoms with van der Waals surface area (Å²) >= 11 is 0. The molecule has 3 nitrogen and oxygen atoms in total. The van der Waals surface area contributed by atoms with E-state index >= 15 is 0 Å². The quantitative estimate of drug-likeness (QED) is 0.752. The van der Waals surface area contributed by atoms with Gasteiger partial charge in [-0.05, 0) is 33.1 Å². The normalized spacial score (nSPS) is 17.1.